The van der Waals surface area contributed by atoms with Gasteiger partial charge in [-0.1, -0.05) is 25.4 Å². The Morgan fingerprint density at radius 1 is 1.15 bits per heavy atom. The number of halogens is 2. The van der Waals surface area contributed by atoms with Crippen molar-refractivity contribution >= 4 is 28.6 Å². The van der Waals surface area contributed by atoms with Crippen LogP contribution >= 0.6 is 11.6 Å². The maximum Gasteiger partial charge on any atom is 0.279 e. The van der Waals surface area contributed by atoms with E-state index in [1.54, 1.807) is 30.8 Å². The van der Waals surface area contributed by atoms with E-state index in [1.165, 1.54) is 10.6 Å². The molecule has 0 N–H and O–H groups in total. The molecule has 176 valence electrons. The zero-order chi connectivity index (χ0) is 24.4. The lowest BCUT2D eigenvalue weighted by atomic mass is 9.79. The van der Waals surface area contributed by atoms with Crippen LogP contribution in [0.4, 0.5) is 10.3 Å². The van der Waals surface area contributed by atoms with Crippen molar-refractivity contribution in [1.29, 1.82) is 0 Å². The molecular formula is C24H25ClFN7O. The molecule has 0 bridgehead atoms. The number of fused-ring (bicyclic) bond motifs is 1. The fraction of sp³-hybridized carbons (Fsp3) is 0.375. The molecule has 0 spiro atoms. The van der Waals surface area contributed by atoms with Crippen LogP contribution in [0.15, 0.2) is 35.4 Å². The van der Waals surface area contributed by atoms with Crippen molar-refractivity contribution in [2.24, 2.45) is 19.5 Å². The Hall–Kier alpha value is -3.33. The summed E-state index contributed by atoms with van der Waals surface area (Å²) in [6.07, 6.45) is 3.91. The van der Waals surface area contributed by atoms with Gasteiger partial charge in [0.1, 0.15) is 22.9 Å². The summed E-state index contributed by atoms with van der Waals surface area (Å²) in [5.74, 6) is 0.520. The molecule has 0 aliphatic carbocycles. The Bertz CT molecular complexity index is 1490. The zero-order valence-corrected chi connectivity index (χ0v) is 20.4. The van der Waals surface area contributed by atoms with Crippen molar-refractivity contribution in [3.8, 4) is 11.3 Å². The summed E-state index contributed by atoms with van der Waals surface area (Å²) in [5, 5.41) is 4.61. The first-order valence-corrected chi connectivity index (χ1v) is 11.4. The summed E-state index contributed by atoms with van der Waals surface area (Å²) < 4.78 is 18.2. The molecule has 1 aliphatic heterocycles. The van der Waals surface area contributed by atoms with Crippen LogP contribution in [0.5, 0.6) is 0 Å². The molecule has 10 heteroatoms. The van der Waals surface area contributed by atoms with Crippen molar-refractivity contribution in [2.45, 2.75) is 26.7 Å². The summed E-state index contributed by atoms with van der Waals surface area (Å²) in [7, 11) is 3.54. The normalized spacial score (nSPS) is 17.6. The first kappa shape index (κ1) is 22.5. The average molecular weight is 482 g/mol. The van der Waals surface area contributed by atoms with Gasteiger partial charge in [-0.25, -0.2) is 19.3 Å². The van der Waals surface area contributed by atoms with Crippen LogP contribution in [0.1, 0.15) is 31.2 Å². The van der Waals surface area contributed by atoms with E-state index in [0.29, 0.717) is 24.9 Å². The highest BCUT2D eigenvalue weighted by atomic mass is 35.5. The van der Waals surface area contributed by atoms with E-state index in [4.69, 9.17) is 16.6 Å². The first-order chi connectivity index (χ1) is 16.0. The SMILES string of the molecule is Cc1nc2c(-c3ccc(Cl)cc3F)nc(N3CC(c4cnn(C)c4)C(C)(C)C3)nc2c(=O)n1C. The van der Waals surface area contributed by atoms with E-state index in [2.05, 4.69) is 28.9 Å². The van der Waals surface area contributed by atoms with Crippen LogP contribution in [0, 0.1) is 18.2 Å². The Kier molecular flexibility index (Phi) is 5.20. The topological polar surface area (TPSA) is 81.7 Å². The molecule has 1 saturated heterocycles. The number of aromatic nitrogens is 6. The van der Waals surface area contributed by atoms with Crippen molar-refractivity contribution in [3.63, 3.8) is 0 Å². The Morgan fingerprint density at radius 2 is 1.91 bits per heavy atom. The molecule has 0 saturated carbocycles. The number of rotatable bonds is 3. The second-order valence-electron chi connectivity index (χ2n) is 9.59. The van der Waals surface area contributed by atoms with Gasteiger partial charge < -0.3 is 4.90 Å². The van der Waals surface area contributed by atoms with Gasteiger partial charge in [0.25, 0.3) is 5.56 Å². The molecule has 0 radical (unpaired) electrons. The summed E-state index contributed by atoms with van der Waals surface area (Å²) in [5.41, 5.74) is 1.66. The molecule has 1 fully saturated rings. The lowest BCUT2D eigenvalue weighted by Gasteiger charge is -2.24. The number of benzene rings is 1. The third kappa shape index (κ3) is 3.64. The molecule has 34 heavy (non-hydrogen) atoms. The first-order valence-electron chi connectivity index (χ1n) is 11.0. The number of hydrogen-bond donors (Lipinski definition) is 0. The number of hydrogen-bond acceptors (Lipinski definition) is 6. The summed E-state index contributed by atoms with van der Waals surface area (Å²) in [6.45, 7) is 7.41. The molecule has 1 atom stereocenters. The standard InChI is InChI=1S/C24H25ClFN7O/c1-13-28-20-19(16-7-6-15(25)8-18(16)26)29-23(30-21(20)22(34)32(13)5)33-11-17(24(2,3)12-33)14-9-27-31(4)10-14/h6-10,17H,11-12H2,1-5H3. The van der Waals surface area contributed by atoms with Gasteiger partial charge in [-0.15, -0.1) is 0 Å². The van der Waals surface area contributed by atoms with Gasteiger partial charge in [-0.05, 0) is 36.1 Å². The van der Waals surface area contributed by atoms with E-state index in [0.717, 1.165) is 5.56 Å². The molecule has 1 aliphatic rings. The van der Waals surface area contributed by atoms with Crippen LogP contribution < -0.4 is 10.5 Å². The van der Waals surface area contributed by atoms with E-state index < -0.39 is 5.82 Å². The largest absolute Gasteiger partial charge is 0.340 e. The van der Waals surface area contributed by atoms with Crippen LogP contribution in [0.2, 0.25) is 5.02 Å². The number of aryl methyl sites for hydroxylation is 2. The maximum absolute atomic E-state index is 15.0. The van der Waals surface area contributed by atoms with Crippen LogP contribution in [-0.2, 0) is 14.1 Å². The molecule has 0 amide bonds. The highest BCUT2D eigenvalue weighted by Crippen LogP contribution is 2.43. The molecule has 5 rings (SSSR count). The third-order valence-corrected chi connectivity index (χ3v) is 6.91. The van der Waals surface area contributed by atoms with Crippen LogP contribution in [0.3, 0.4) is 0 Å². The highest BCUT2D eigenvalue weighted by molar-refractivity contribution is 6.30. The maximum atomic E-state index is 15.0. The fourth-order valence-corrected chi connectivity index (χ4v) is 4.87. The van der Waals surface area contributed by atoms with Gasteiger partial charge in [0.05, 0.1) is 6.20 Å². The third-order valence-electron chi connectivity index (χ3n) is 6.68. The quantitative estimate of drug-likeness (QED) is 0.442. The van der Waals surface area contributed by atoms with Crippen molar-refractivity contribution in [3.05, 3.63) is 63.2 Å². The Morgan fingerprint density at radius 3 is 2.59 bits per heavy atom. The zero-order valence-electron chi connectivity index (χ0n) is 19.7. The summed E-state index contributed by atoms with van der Waals surface area (Å²) in [6, 6.07) is 4.39. The second kappa shape index (κ2) is 7.87. The second-order valence-corrected chi connectivity index (χ2v) is 10.0. The Balaban J connectivity index is 1.70. The van der Waals surface area contributed by atoms with E-state index >= 15 is 0 Å². The van der Waals surface area contributed by atoms with Gasteiger partial charge in [-0.2, -0.15) is 5.10 Å². The fourth-order valence-electron chi connectivity index (χ4n) is 4.71. The molecule has 1 aromatic carbocycles. The van der Waals surface area contributed by atoms with Crippen LogP contribution in [-0.4, -0.2) is 42.4 Å². The molecule has 4 aromatic rings. The van der Waals surface area contributed by atoms with E-state index in [-0.39, 0.29) is 44.2 Å². The van der Waals surface area contributed by atoms with Crippen molar-refractivity contribution in [2.75, 3.05) is 18.0 Å². The molecule has 3 aromatic heterocycles. The lowest BCUT2D eigenvalue weighted by Crippen LogP contribution is -2.27. The Labute approximate surface area is 201 Å². The summed E-state index contributed by atoms with van der Waals surface area (Å²) >= 11 is 5.98. The number of nitrogens with zero attached hydrogens (tertiary/aromatic N) is 7. The van der Waals surface area contributed by atoms with Crippen molar-refractivity contribution < 1.29 is 4.39 Å². The van der Waals surface area contributed by atoms with E-state index in [9.17, 15) is 9.18 Å². The smallest absolute Gasteiger partial charge is 0.279 e. The molecule has 4 heterocycles. The summed E-state index contributed by atoms with van der Waals surface area (Å²) in [4.78, 5) is 29.1. The minimum Gasteiger partial charge on any atom is -0.340 e. The highest BCUT2D eigenvalue weighted by Gasteiger charge is 2.42. The minimum absolute atomic E-state index is 0.0937. The van der Waals surface area contributed by atoms with E-state index in [1.807, 2.05) is 24.3 Å². The van der Waals surface area contributed by atoms with Crippen molar-refractivity contribution in [1.82, 2.24) is 29.3 Å². The predicted octanol–water partition coefficient (Wildman–Crippen LogP) is 3.85. The molecule has 1 unspecified atom stereocenters. The molecular weight excluding hydrogens is 457 g/mol. The number of anilines is 1. The van der Waals surface area contributed by atoms with Crippen LogP contribution in [0.25, 0.3) is 22.3 Å². The van der Waals surface area contributed by atoms with Gasteiger partial charge in [0, 0.05) is 49.9 Å². The lowest BCUT2D eigenvalue weighted by molar-refractivity contribution is 0.365. The van der Waals surface area contributed by atoms with Gasteiger partial charge in [-0.3, -0.25) is 14.0 Å². The average Bonchev–Trinajstić information content (AvgIpc) is 3.34. The van der Waals surface area contributed by atoms with Gasteiger partial charge >= 0.3 is 0 Å². The van der Waals surface area contributed by atoms with Gasteiger partial charge in [0.15, 0.2) is 5.52 Å². The monoisotopic (exact) mass is 481 g/mol. The molecule has 8 nitrogen and oxygen atoms in total. The minimum atomic E-state index is -0.534. The van der Waals surface area contributed by atoms with Gasteiger partial charge in [0.2, 0.25) is 5.95 Å². The predicted molar refractivity (Wildman–Crippen MR) is 130 cm³/mol.